The van der Waals surface area contributed by atoms with E-state index < -0.39 is 17.4 Å². The van der Waals surface area contributed by atoms with E-state index in [2.05, 4.69) is 22.6 Å². The molecule has 0 aliphatic carbocycles. The molecule has 3 rings (SSSR count). The summed E-state index contributed by atoms with van der Waals surface area (Å²) in [5, 5.41) is 0.514. The Kier molecular flexibility index (Phi) is 5.36. The maximum Gasteiger partial charge on any atom is 0.329 e. The highest BCUT2D eigenvalue weighted by atomic mass is 127. The van der Waals surface area contributed by atoms with Crippen molar-refractivity contribution in [3.63, 3.8) is 0 Å². The zero-order chi connectivity index (χ0) is 19.8. The molecular weight excluding hydrogens is 465 g/mol. The summed E-state index contributed by atoms with van der Waals surface area (Å²) in [4.78, 5) is 50.6. The summed E-state index contributed by atoms with van der Waals surface area (Å²) in [6, 6.07) is 5.25. The number of aromatic nitrogens is 1. The molecule has 0 saturated heterocycles. The van der Waals surface area contributed by atoms with Crippen molar-refractivity contribution in [1.29, 1.82) is 0 Å². The smallest absolute Gasteiger partial charge is 0.329 e. The van der Waals surface area contributed by atoms with Crippen LogP contribution in [0.4, 0.5) is 0 Å². The highest BCUT2D eigenvalue weighted by Gasteiger charge is 2.57. The number of rotatable bonds is 5. The molecule has 2 heterocycles. The summed E-state index contributed by atoms with van der Waals surface area (Å²) >= 11 is 2.10. The minimum atomic E-state index is -1.85. The first-order valence-electron chi connectivity index (χ1n) is 8.59. The third-order valence-electron chi connectivity index (χ3n) is 4.70. The molecule has 27 heavy (non-hydrogen) atoms. The lowest BCUT2D eigenvalue weighted by atomic mass is 9.76. The van der Waals surface area contributed by atoms with Crippen LogP contribution in [-0.2, 0) is 24.5 Å². The molecule has 1 aliphatic heterocycles. The number of hydrogen-bond acceptors (Lipinski definition) is 6. The van der Waals surface area contributed by atoms with E-state index in [4.69, 9.17) is 9.47 Å². The van der Waals surface area contributed by atoms with Crippen molar-refractivity contribution in [2.24, 2.45) is 0 Å². The monoisotopic (exact) mass is 483 g/mol. The van der Waals surface area contributed by atoms with Crippen molar-refractivity contribution >= 4 is 57.6 Å². The van der Waals surface area contributed by atoms with Gasteiger partial charge in [-0.3, -0.25) is 23.7 Å². The quantitative estimate of drug-likeness (QED) is 0.281. The topological polar surface area (TPSA) is 91.7 Å². The molecule has 1 aromatic carbocycles. The molecule has 0 saturated carbocycles. The molecule has 7 nitrogen and oxygen atoms in total. The van der Waals surface area contributed by atoms with Crippen LogP contribution in [0, 0.1) is 3.57 Å². The Hall–Kier alpha value is -2.23. The number of ether oxygens (including phenoxy) is 2. The zero-order valence-corrected chi connectivity index (χ0v) is 17.1. The lowest BCUT2D eigenvalue weighted by Crippen LogP contribution is -2.51. The molecular formula is C19H18INO6. The van der Waals surface area contributed by atoms with Gasteiger partial charge in [-0.1, -0.05) is 0 Å². The molecule has 0 fully saturated rings. The van der Waals surface area contributed by atoms with Gasteiger partial charge in [-0.2, -0.15) is 0 Å². The number of fused-ring (bicyclic) bond motifs is 3. The molecule has 0 spiro atoms. The molecule has 0 amide bonds. The Labute approximate surface area is 169 Å². The normalized spacial score (nSPS) is 15.3. The Morgan fingerprint density at radius 3 is 2.41 bits per heavy atom. The highest BCUT2D eigenvalue weighted by molar-refractivity contribution is 14.1. The van der Waals surface area contributed by atoms with E-state index in [-0.39, 0.29) is 43.2 Å². The molecule has 0 bridgehead atoms. The van der Waals surface area contributed by atoms with Gasteiger partial charge in [0, 0.05) is 20.9 Å². The second-order valence-electron chi connectivity index (χ2n) is 6.12. The van der Waals surface area contributed by atoms with Gasteiger partial charge in [-0.05, 0) is 61.1 Å². The number of nitrogens with zero attached hydrogens (tertiary/aromatic N) is 1. The highest BCUT2D eigenvalue weighted by Crippen LogP contribution is 2.43. The SMILES string of the molecule is CCOC(=O)C1(C(=O)OCC)CCC(=O)n2c1c(C=O)c1cc(I)ccc12. The fraction of sp³-hybridized carbons (Fsp3) is 0.368. The van der Waals surface area contributed by atoms with Crippen molar-refractivity contribution < 1.29 is 28.7 Å². The van der Waals surface area contributed by atoms with Crippen molar-refractivity contribution in [1.82, 2.24) is 4.57 Å². The Bertz CT molecular complexity index is 943. The minimum Gasteiger partial charge on any atom is -0.465 e. The van der Waals surface area contributed by atoms with Crippen molar-refractivity contribution in [2.45, 2.75) is 32.1 Å². The van der Waals surface area contributed by atoms with Crippen molar-refractivity contribution in [3.8, 4) is 0 Å². The summed E-state index contributed by atoms with van der Waals surface area (Å²) in [6.45, 7) is 3.37. The molecule has 8 heteroatoms. The van der Waals surface area contributed by atoms with Crippen LogP contribution in [0.5, 0.6) is 0 Å². The van der Waals surface area contributed by atoms with Crippen LogP contribution >= 0.6 is 22.6 Å². The maximum atomic E-state index is 13.0. The van der Waals surface area contributed by atoms with Gasteiger partial charge < -0.3 is 9.47 Å². The second-order valence-corrected chi connectivity index (χ2v) is 7.36. The summed E-state index contributed by atoms with van der Waals surface area (Å²) in [5.74, 6) is -1.90. The molecule has 0 atom stereocenters. The average molecular weight is 483 g/mol. The van der Waals surface area contributed by atoms with E-state index in [0.717, 1.165) is 3.57 Å². The van der Waals surface area contributed by atoms with Gasteiger partial charge >= 0.3 is 11.9 Å². The Morgan fingerprint density at radius 2 is 1.85 bits per heavy atom. The predicted octanol–water partition coefficient (Wildman–Crippen LogP) is 2.86. The van der Waals surface area contributed by atoms with Crippen molar-refractivity contribution in [3.05, 3.63) is 33.0 Å². The number of esters is 2. The Balaban J connectivity index is 2.44. The molecule has 0 unspecified atom stereocenters. The zero-order valence-electron chi connectivity index (χ0n) is 14.9. The van der Waals surface area contributed by atoms with E-state index in [1.165, 1.54) is 4.57 Å². The summed E-state index contributed by atoms with van der Waals surface area (Å²) < 4.78 is 12.5. The van der Waals surface area contributed by atoms with Crippen LogP contribution in [-0.4, -0.2) is 41.9 Å². The van der Waals surface area contributed by atoms with Gasteiger partial charge in [0.05, 0.1) is 24.4 Å². The first-order chi connectivity index (χ1) is 12.9. The average Bonchev–Trinajstić information content (AvgIpc) is 2.97. The van der Waals surface area contributed by atoms with Gasteiger partial charge in [-0.15, -0.1) is 0 Å². The molecule has 1 aromatic heterocycles. The largest absolute Gasteiger partial charge is 0.465 e. The standard InChI is InChI=1S/C19H18INO6/c1-3-26-17(24)19(18(25)27-4-2)8-7-15(23)21-14-6-5-11(20)9-12(14)13(10-22)16(19)21/h5-6,9-10H,3-4,7-8H2,1-2H3. The molecule has 1 aliphatic rings. The van der Waals surface area contributed by atoms with E-state index in [1.807, 2.05) is 0 Å². The van der Waals surface area contributed by atoms with Crippen LogP contribution < -0.4 is 0 Å². The van der Waals surface area contributed by atoms with E-state index in [0.29, 0.717) is 17.2 Å². The summed E-state index contributed by atoms with van der Waals surface area (Å²) in [6.07, 6.45) is 0.437. The second kappa shape index (κ2) is 7.41. The van der Waals surface area contributed by atoms with Gasteiger partial charge in [0.15, 0.2) is 6.29 Å². The van der Waals surface area contributed by atoms with Crippen LogP contribution in [0.1, 0.15) is 47.5 Å². The molecule has 0 N–H and O–H groups in total. The lowest BCUT2D eigenvalue weighted by Gasteiger charge is -2.33. The predicted molar refractivity (Wildman–Crippen MR) is 105 cm³/mol. The molecule has 0 radical (unpaired) electrons. The minimum absolute atomic E-state index is 0.0430. The number of halogens is 1. The van der Waals surface area contributed by atoms with E-state index in [1.54, 1.807) is 32.0 Å². The van der Waals surface area contributed by atoms with Gasteiger partial charge in [0.2, 0.25) is 11.3 Å². The summed E-state index contributed by atoms with van der Waals surface area (Å²) in [7, 11) is 0. The van der Waals surface area contributed by atoms with Gasteiger partial charge in [0.1, 0.15) is 0 Å². The third-order valence-corrected chi connectivity index (χ3v) is 5.37. The first-order valence-corrected chi connectivity index (χ1v) is 9.67. The molecule has 142 valence electrons. The van der Waals surface area contributed by atoms with Crippen molar-refractivity contribution in [2.75, 3.05) is 13.2 Å². The third kappa shape index (κ3) is 2.86. The Morgan fingerprint density at radius 1 is 1.22 bits per heavy atom. The first kappa shape index (κ1) is 19.5. The fourth-order valence-corrected chi connectivity index (χ4v) is 4.09. The van der Waals surface area contributed by atoms with Gasteiger partial charge in [0.25, 0.3) is 0 Å². The molecule has 2 aromatic rings. The number of carbonyl (C=O) groups is 4. The fourth-order valence-electron chi connectivity index (χ4n) is 3.60. The number of benzene rings is 1. The van der Waals surface area contributed by atoms with E-state index in [9.17, 15) is 19.2 Å². The van der Waals surface area contributed by atoms with Crippen LogP contribution in [0.3, 0.4) is 0 Å². The van der Waals surface area contributed by atoms with Crippen LogP contribution in [0.25, 0.3) is 10.9 Å². The number of carbonyl (C=O) groups excluding carboxylic acids is 4. The van der Waals surface area contributed by atoms with Gasteiger partial charge in [-0.25, -0.2) is 0 Å². The maximum absolute atomic E-state index is 13.0. The van der Waals surface area contributed by atoms with E-state index >= 15 is 0 Å². The number of hydrogen-bond donors (Lipinski definition) is 0. The van der Waals surface area contributed by atoms with Crippen LogP contribution in [0.2, 0.25) is 0 Å². The summed E-state index contributed by atoms with van der Waals surface area (Å²) in [5.41, 5.74) is -1.18. The lowest BCUT2D eigenvalue weighted by molar-refractivity contribution is -0.165. The van der Waals surface area contributed by atoms with Crippen LogP contribution in [0.15, 0.2) is 18.2 Å². The number of aldehydes is 1.